The van der Waals surface area contributed by atoms with Crippen LogP contribution in [0.5, 0.6) is 5.75 Å². The maximum absolute atomic E-state index is 13.8. The fourth-order valence-electron chi connectivity index (χ4n) is 6.08. The molecule has 1 aromatic heterocycles. The third kappa shape index (κ3) is 7.02. The highest BCUT2D eigenvalue weighted by Gasteiger charge is 2.35. The van der Waals surface area contributed by atoms with Crippen LogP contribution in [-0.4, -0.2) is 77.1 Å². The molecule has 0 radical (unpaired) electrons. The maximum atomic E-state index is 13.8. The number of amides is 2. The van der Waals surface area contributed by atoms with Crippen LogP contribution in [0.1, 0.15) is 66.7 Å². The molecule has 1 aliphatic heterocycles. The van der Waals surface area contributed by atoms with Gasteiger partial charge in [0.25, 0.3) is 11.8 Å². The van der Waals surface area contributed by atoms with Crippen LogP contribution in [0.2, 0.25) is 0 Å². The number of thiazole rings is 1. The van der Waals surface area contributed by atoms with Crippen LogP contribution < -0.4 is 10.1 Å². The third-order valence-electron chi connectivity index (χ3n) is 8.55. The summed E-state index contributed by atoms with van der Waals surface area (Å²) in [5.74, 6) is 0.590. The Hall–Kier alpha value is -3.27. The number of aliphatic hydroxyl groups is 1. The van der Waals surface area contributed by atoms with Crippen LogP contribution in [0.3, 0.4) is 0 Å². The first-order chi connectivity index (χ1) is 20.3. The number of hydrogen-bond donors (Lipinski definition) is 2. The van der Waals surface area contributed by atoms with Gasteiger partial charge in [0.05, 0.1) is 23.9 Å². The molecule has 0 bridgehead atoms. The van der Waals surface area contributed by atoms with Crippen LogP contribution >= 0.6 is 11.3 Å². The second kappa shape index (κ2) is 13.8. The average Bonchev–Trinajstić information content (AvgIpc) is 3.55. The quantitative estimate of drug-likeness (QED) is 0.327. The molecule has 3 atom stereocenters. The Morgan fingerprint density at radius 3 is 2.62 bits per heavy atom. The summed E-state index contributed by atoms with van der Waals surface area (Å²) in [5.41, 5.74) is 2.30. The number of carbonyl (C=O) groups excluding carboxylic acids is 2. The van der Waals surface area contributed by atoms with Crippen molar-refractivity contribution in [3.05, 3.63) is 65.2 Å². The van der Waals surface area contributed by atoms with Crippen molar-refractivity contribution in [3.63, 3.8) is 0 Å². The Balaban J connectivity index is 1.41. The van der Waals surface area contributed by atoms with Crippen molar-refractivity contribution in [2.24, 2.45) is 11.8 Å². The van der Waals surface area contributed by atoms with Gasteiger partial charge in [0, 0.05) is 48.3 Å². The van der Waals surface area contributed by atoms with Gasteiger partial charge in [-0.1, -0.05) is 44.4 Å². The number of carbonyl (C=O) groups is 2. The molecule has 2 N–H and O–H groups in total. The molecule has 2 aromatic carbocycles. The number of aliphatic hydroxyl groups excluding tert-OH is 1. The number of rotatable bonds is 9. The number of benzene rings is 2. The molecule has 2 heterocycles. The Kier molecular flexibility index (Phi) is 9.92. The van der Waals surface area contributed by atoms with E-state index in [2.05, 4.69) is 29.2 Å². The minimum Gasteiger partial charge on any atom is -0.486 e. The summed E-state index contributed by atoms with van der Waals surface area (Å²) in [5, 5.41) is 15.8. The lowest BCUT2D eigenvalue weighted by Crippen LogP contribution is -2.50. The molecular weight excluding hydrogens is 548 g/mol. The third-order valence-corrected chi connectivity index (χ3v) is 9.37. The summed E-state index contributed by atoms with van der Waals surface area (Å²) in [6, 6.07) is 12.3. The van der Waals surface area contributed by atoms with Gasteiger partial charge in [-0.05, 0) is 57.0 Å². The van der Waals surface area contributed by atoms with Gasteiger partial charge in [0.2, 0.25) is 0 Å². The minimum absolute atomic E-state index is 0.00655. The van der Waals surface area contributed by atoms with Gasteiger partial charge in [-0.2, -0.15) is 0 Å². The number of likely N-dealkylation sites (N-methyl/N-ethyl adjacent to an activating group) is 1. The highest BCUT2D eigenvalue weighted by Crippen LogP contribution is 2.35. The first-order valence-corrected chi connectivity index (χ1v) is 15.9. The van der Waals surface area contributed by atoms with Gasteiger partial charge in [0.1, 0.15) is 11.1 Å². The summed E-state index contributed by atoms with van der Waals surface area (Å²) >= 11 is 1.55. The van der Waals surface area contributed by atoms with E-state index in [1.807, 2.05) is 24.4 Å². The summed E-state index contributed by atoms with van der Waals surface area (Å²) in [4.78, 5) is 35.6. The van der Waals surface area contributed by atoms with Crippen LogP contribution in [0, 0.1) is 11.8 Å². The lowest BCUT2D eigenvalue weighted by Gasteiger charge is -2.39. The lowest BCUT2D eigenvalue weighted by atomic mass is 9.89. The molecule has 1 saturated carbocycles. The number of nitrogens with one attached hydrogen (secondary N) is 1. The number of fused-ring (bicyclic) bond motifs is 1. The lowest BCUT2D eigenvalue weighted by molar-refractivity contribution is 0.0332. The van der Waals surface area contributed by atoms with Crippen LogP contribution in [0.4, 0.5) is 5.69 Å². The topological polar surface area (TPSA) is 95.0 Å². The zero-order valence-corrected chi connectivity index (χ0v) is 25.6. The first kappa shape index (κ1) is 30.2. The highest BCUT2D eigenvalue weighted by atomic mass is 32.1. The van der Waals surface area contributed by atoms with E-state index in [0.717, 1.165) is 17.1 Å². The monoisotopic (exact) mass is 590 g/mol. The fourth-order valence-corrected chi connectivity index (χ4v) is 6.72. The molecule has 3 aromatic rings. The van der Waals surface area contributed by atoms with E-state index < -0.39 is 0 Å². The van der Waals surface area contributed by atoms with Crippen LogP contribution in [-0.2, 0) is 0 Å². The molecule has 42 heavy (non-hydrogen) atoms. The molecule has 9 heteroatoms. The van der Waals surface area contributed by atoms with Crippen molar-refractivity contribution in [1.82, 2.24) is 14.8 Å². The molecule has 1 fully saturated rings. The van der Waals surface area contributed by atoms with Crippen molar-refractivity contribution in [1.29, 1.82) is 0 Å². The van der Waals surface area contributed by atoms with Gasteiger partial charge in [-0.3, -0.25) is 9.59 Å². The molecule has 0 saturated heterocycles. The summed E-state index contributed by atoms with van der Waals surface area (Å²) in [6.45, 7) is 6.02. The normalized spacial score (nSPS) is 20.4. The number of para-hydroxylation sites is 1. The summed E-state index contributed by atoms with van der Waals surface area (Å²) in [7, 11) is 2.15. The number of ether oxygens (including phenoxy) is 1. The zero-order chi connectivity index (χ0) is 29.6. The molecule has 5 rings (SSSR count). The van der Waals surface area contributed by atoms with Gasteiger partial charge in [0.15, 0.2) is 5.75 Å². The minimum atomic E-state index is -0.346. The van der Waals surface area contributed by atoms with Crippen LogP contribution in [0.15, 0.2) is 54.0 Å². The smallest absolute Gasteiger partial charge is 0.258 e. The number of aromatic nitrogens is 1. The van der Waals surface area contributed by atoms with Crippen molar-refractivity contribution in [3.8, 4) is 16.3 Å². The van der Waals surface area contributed by atoms with Crippen LogP contribution in [0.25, 0.3) is 10.6 Å². The van der Waals surface area contributed by atoms with E-state index in [4.69, 9.17) is 4.74 Å². The molecule has 0 spiro atoms. The molecule has 8 nitrogen and oxygen atoms in total. The number of anilines is 1. The molecule has 224 valence electrons. The molecule has 2 aliphatic rings. The van der Waals surface area contributed by atoms with E-state index in [0.29, 0.717) is 41.6 Å². The van der Waals surface area contributed by atoms with Crippen molar-refractivity contribution in [2.75, 3.05) is 38.6 Å². The largest absolute Gasteiger partial charge is 0.486 e. The molecule has 1 aliphatic carbocycles. The average molecular weight is 591 g/mol. The molecular formula is C33H42N4O4S. The molecule has 2 amide bonds. The van der Waals surface area contributed by atoms with E-state index in [9.17, 15) is 14.7 Å². The first-order valence-electron chi connectivity index (χ1n) is 15.0. The second-order valence-corrected chi connectivity index (χ2v) is 12.8. The predicted octanol–water partition coefficient (Wildman–Crippen LogP) is 5.79. The Morgan fingerprint density at radius 2 is 1.93 bits per heavy atom. The standard InChI is InChI=1S/C33H42N4O4S/c1-22-18-37(23(2)21-38)33(40)27-10-7-11-28(30(27)41-29(22)20-36(3)19-24-8-5-4-6-9-24)35-31(39)25-12-14-26(15-13-25)32-34-16-17-42-32/h7,10-17,22-24,29,38H,4-6,8-9,18-21H2,1-3H3,(H,35,39)/t22-,23-,29+/m0/s1. The summed E-state index contributed by atoms with van der Waals surface area (Å²) < 4.78 is 6.70. The predicted molar refractivity (Wildman–Crippen MR) is 167 cm³/mol. The number of hydrogen-bond acceptors (Lipinski definition) is 7. The van der Waals surface area contributed by atoms with E-state index in [1.165, 1.54) is 32.1 Å². The second-order valence-electron chi connectivity index (χ2n) is 11.9. The van der Waals surface area contributed by atoms with E-state index in [-0.39, 0.29) is 36.5 Å². The van der Waals surface area contributed by atoms with Crippen molar-refractivity contribution in [2.45, 2.75) is 58.1 Å². The van der Waals surface area contributed by atoms with E-state index >= 15 is 0 Å². The van der Waals surface area contributed by atoms with Gasteiger partial charge >= 0.3 is 0 Å². The zero-order valence-electron chi connectivity index (χ0n) is 24.8. The number of nitrogens with zero attached hydrogens (tertiary/aromatic N) is 3. The van der Waals surface area contributed by atoms with E-state index in [1.54, 1.807) is 52.8 Å². The molecule has 0 unspecified atom stereocenters. The highest BCUT2D eigenvalue weighted by molar-refractivity contribution is 7.13. The maximum Gasteiger partial charge on any atom is 0.258 e. The Morgan fingerprint density at radius 1 is 1.17 bits per heavy atom. The van der Waals surface area contributed by atoms with Crippen molar-refractivity contribution < 1.29 is 19.4 Å². The van der Waals surface area contributed by atoms with Gasteiger partial charge in [-0.15, -0.1) is 11.3 Å². The van der Waals surface area contributed by atoms with Gasteiger partial charge < -0.3 is 25.0 Å². The van der Waals surface area contributed by atoms with Crippen molar-refractivity contribution >= 4 is 28.8 Å². The Bertz CT molecular complexity index is 1340. The van der Waals surface area contributed by atoms with Gasteiger partial charge in [-0.25, -0.2) is 4.98 Å². The summed E-state index contributed by atoms with van der Waals surface area (Å²) in [6.07, 6.45) is 8.02. The fraction of sp³-hybridized carbons (Fsp3) is 0.485. The SMILES string of the molecule is C[C@H]1CN([C@@H](C)CO)C(=O)c2cccc(NC(=O)c3ccc(-c4nccs4)cc3)c2O[C@@H]1CN(C)CC1CCCCC1. The Labute approximate surface area is 252 Å².